The molecule has 1 aliphatic rings. The molecule has 0 atom stereocenters. The van der Waals surface area contributed by atoms with Gasteiger partial charge in [-0.1, -0.05) is 54.6 Å². The van der Waals surface area contributed by atoms with Crippen molar-refractivity contribution in [3.05, 3.63) is 82.5 Å². The zero-order valence-electron chi connectivity index (χ0n) is 17.8. The zero-order valence-corrected chi connectivity index (χ0v) is 17.8. The van der Waals surface area contributed by atoms with Gasteiger partial charge in [-0.25, -0.2) is 4.79 Å². The standard InChI is InChI=1S/C26H23N3O4/c27-19-12-11-18-22(30)20(23(33-24(18)21(19)28)16-5-2-1-3-6-16)15-7-9-17(10-8-15)26(13-4-14-26)29-25(31)32/h1-3,5-12,29H,4,13-14,27-28H2,(H,31,32). The molecule has 1 aliphatic carbocycles. The molecule has 33 heavy (non-hydrogen) atoms. The van der Waals surface area contributed by atoms with Crippen LogP contribution in [0.15, 0.2) is 75.9 Å². The maximum Gasteiger partial charge on any atom is 0.405 e. The van der Waals surface area contributed by atoms with Gasteiger partial charge in [-0.3, -0.25) is 4.79 Å². The molecule has 3 aromatic carbocycles. The molecule has 0 aliphatic heterocycles. The molecular formula is C26H23N3O4. The topological polar surface area (TPSA) is 132 Å². The maximum atomic E-state index is 13.6. The molecule has 1 amide bonds. The van der Waals surface area contributed by atoms with E-state index in [1.165, 1.54) is 0 Å². The van der Waals surface area contributed by atoms with Crippen molar-refractivity contribution < 1.29 is 14.3 Å². The number of nitrogen functional groups attached to an aromatic ring is 2. The highest BCUT2D eigenvalue weighted by atomic mass is 16.4. The SMILES string of the molecule is Nc1ccc2c(=O)c(-c3ccc(C4(NC(=O)O)CCC4)cc3)c(-c3ccccc3)oc2c1N. The highest BCUT2D eigenvalue weighted by Gasteiger charge is 2.40. The van der Waals surface area contributed by atoms with Gasteiger partial charge in [0.25, 0.3) is 0 Å². The predicted octanol–water partition coefficient (Wildman–Crippen LogP) is 4.94. The van der Waals surface area contributed by atoms with Crippen LogP contribution in [0.4, 0.5) is 16.2 Å². The van der Waals surface area contributed by atoms with E-state index in [1.807, 2.05) is 54.6 Å². The third kappa shape index (κ3) is 3.38. The highest BCUT2D eigenvalue weighted by Crippen LogP contribution is 2.42. The number of fused-ring (bicyclic) bond motifs is 1. The summed E-state index contributed by atoms with van der Waals surface area (Å²) in [6.45, 7) is 0. The number of hydrogen-bond acceptors (Lipinski definition) is 5. The average Bonchev–Trinajstić information content (AvgIpc) is 2.79. The minimum Gasteiger partial charge on any atom is -0.465 e. The quantitative estimate of drug-likeness (QED) is 0.332. The second kappa shape index (κ2) is 7.70. The number of anilines is 2. The largest absolute Gasteiger partial charge is 0.465 e. The summed E-state index contributed by atoms with van der Waals surface area (Å²) >= 11 is 0. The molecule has 0 saturated heterocycles. The van der Waals surface area contributed by atoms with Gasteiger partial charge in [0, 0.05) is 5.56 Å². The lowest BCUT2D eigenvalue weighted by molar-refractivity contribution is 0.144. The lowest BCUT2D eigenvalue weighted by atomic mass is 9.71. The van der Waals surface area contributed by atoms with Crippen molar-refractivity contribution in [2.45, 2.75) is 24.8 Å². The van der Waals surface area contributed by atoms with Crippen molar-refractivity contribution in [1.29, 1.82) is 0 Å². The first-order chi connectivity index (χ1) is 15.9. The minimum atomic E-state index is -1.04. The molecule has 4 aromatic rings. The van der Waals surface area contributed by atoms with Crippen LogP contribution in [0.2, 0.25) is 0 Å². The summed E-state index contributed by atoms with van der Waals surface area (Å²) in [4.78, 5) is 24.9. The van der Waals surface area contributed by atoms with Crippen LogP contribution in [-0.2, 0) is 5.54 Å². The third-order valence-corrected chi connectivity index (χ3v) is 6.45. The molecule has 0 unspecified atom stereocenters. The monoisotopic (exact) mass is 441 g/mol. The molecule has 0 spiro atoms. The van der Waals surface area contributed by atoms with Gasteiger partial charge in [-0.05, 0) is 42.5 Å². The minimum absolute atomic E-state index is 0.212. The van der Waals surface area contributed by atoms with E-state index in [0.717, 1.165) is 30.4 Å². The molecule has 1 saturated carbocycles. The van der Waals surface area contributed by atoms with Crippen LogP contribution in [0, 0.1) is 0 Å². The molecule has 1 aromatic heterocycles. The molecule has 5 rings (SSSR count). The number of hydrogen-bond donors (Lipinski definition) is 4. The van der Waals surface area contributed by atoms with Crippen molar-refractivity contribution in [1.82, 2.24) is 5.32 Å². The van der Waals surface area contributed by atoms with Gasteiger partial charge in [-0.15, -0.1) is 0 Å². The summed E-state index contributed by atoms with van der Waals surface area (Å²) in [6, 6.07) is 20.0. The van der Waals surface area contributed by atoms with E-state index in [2.05, 4.69) is 5.32 Å². The normalized spacial score (nSPS) is 14.5. The fourth-order valence-electron chi connectivity index (χ4n) is 4.53. The number of benzene rings is 3. The molecule has 1 fully saturated rings. The summed E-state index contributed by atoms with van der Waals surface area (Å²) in [5, 5.41) is 12.3. The summed E-state index contributed by atoms with van der Waals surface area (Å²) in [6.07, 6.45) is 1.40. The molecule has 0 radical (unpaired) electrons. The van der Waals surface area contributed by atoms with Crippen LogP contribution >= 0.6 is 0 Å². The van der Waals surface area contributed by atoms with E-state index >= 15 is 0 Å². The van der Waals surface area contributed by atoms with E-state index < -0.39 is 11.6 Å². The Morgan fingerprint density at radius 2 is 1.64 bits per heavy atom. The number of amides is 1. The summed E-state index contributed by atoms with van der Waals surface area (Å²) < 4.78 is 6.21. The summed E-state index contributed by atoms with van der Waals surface area (Å²) in [5.41, 5.74) is 14.8. The summed E-state index contributed by atoms with van der Waals surface area (Å²) in [5.74, 6) is 0.403. The predicted molar refractivity (Wildman–Crippen MR) is 129 cm³/mol. The smallest absolute Gasteiger partial charge is 0.405 e. The van der Waals surface area contributed by atoms with Gasteiger partial charge in [0.1, 0.15) is 5.76 Å². The Hall–Kier alpha value is -4.26. The van der Waals surface area contributed by atoms with Crippen LogP contribution in [-0.4, -0.2) is 11.2 Å². The second-order valence-corrected chi connectivity index (χ2v) is 8.39. The maximum absolute atomic E-state index is 13.6. The Morgan fingerprint density at radius 3 is 2.24 bits per heavy atom. The Balaban J connectivity index is 1.71. The van der Waals surface area contributed by atoms with Gasteiger partial charge in [-0.2, -0.15) is 0 Å². The van der Waals surface area contributed by atoms with E-state index in [4.69, 9.17) is 15.9 Å². The van der Waals surface area contributed by atoms with Gasteiger partial charge in [0.2, 0.25) is 5.43 Å². The first-order valence-corrected chi connectivity index (χ1v) is 10.7. The van der Waals surface area contributed by atoms with Gasteiger partial charge in [0.05, 0.1) is 27.9 Å². The second-order valence-electron chi connectivity index (χ2n) is 8.39. The van der Waals surface area contributed by atoms with Crippen molar-refractivity contribution >= 4 is 28.4 Å². The number of carboxylic acid groups (broad SMARTS) is 1. The van der Waals surface area contributed by atoms with Crippen LogP contribution in [0.3, 0.4) is 0 Å². The number of nitrogens with one attached hydrogen (secondary N) is 1. The number of carbonyl (C=O) groups is 1. The first-order valence-electron chi connectivity index (χ1n) is 10.7. The molecule has 6 N–H and O–H groups in total. The average molecular weight is 441 g/mol. The molecule has 7 nitrogen and oxygen atoms in total. The van der Waals surface area contributed by atoms with Crippen molar-refractivity contribution in [3.8, 4) is 22.5 Å². The van der Waals surface area contributed by atoms with Crippen molar-refractivity contribution in [2.24, 2.45) is 0 Å². The van der Waals surface area contributed by atoms with Gasteiger partial charge < -0.3 is 26.3 Å². The van der Waals surface area contributed by atoms with E-state index in [9.17, 15) is 14.7 Å². The Labute approximate surface area is 189 Å². The van der Waals surface area contributed by atoms with Crippen molar-refractivity contribution in [2.75, 3.05) is 11.5 Å². The third-order valence-electron chi connectivity index (χ3n) is 6.45. The molecule has 7 heteroatoms. The molecule has 166 valence electrons. The Morgan fingerprint density at radius 1 is 0.939 bits per heavy atom. The van der Waals surface area contributed by atoms with Gasteiger partial charge >= 0.3 is 6.09 Å². The Kier molecular flexibility index (Phi) is 4.82. The zero-order chi connectivity index (χ0) is 23.2. The molecular weight excluding hydrogens is 418 g/mol. The molecule has 0 bridgehead atoms. The molecule has 1 heterocycles. The van der Waals surface area contributed by atoms with Crippen LogP contribution in [0.25, 0.3) is 33.4 Å². The van der Waals surface area contributed by atoms with Crippen LogP contribution < -0.4 is 22.2 Å². The Bertz CT molecular complexity index is 1420. The lowest BCUT2D eigenvalue weighted by Crippen LogP contribution is -2.50. The highest BCUT2D eigenvalue weighted by molar-refractivity contribution is 5.98. The fraction of sp³-hybridized carbons (Fsp3) is 0.154. The number of nitrogens with two attached hydrogens (primary N) is 2. The van der Waals surface area contributed by atoms with Gasteiger partial charge in [0.15, 0.2) is 5.58 Å². The summed E-state index contributed by atoms with van der Waals surface area (Å²) in [7, 11) is 0. The van der Waals surface area contributed by atoms with Crippen LogP contribution in [0.5, 0.6) is 0 Å². The van der Waals surface area contributed by atoms with Crippen LogP contribution in [0.1, 0.15) is 24.8 Å². The van der Waals surface area contributed by atoms with E-state index in [1.54, 1.807) is 12.1 Å². The number of rotatable bonds is 4. The van der Waals surface area contributed by atoms with E-state index in [-0.39, 0.29) is 16.7 Å². The first kappa shape index (κ1) is 20.6. The van der Waals surface area contributed by atoms with E-state index in [0.29, 0.717) is 28.0 Å². The fourth-order valence-corrected chi connectivity index (χ4v) is 4.53. The van der Waals surface area contributed by atoms with Crippen molar-refractivity contribution in [3.63, 3.8) is 0 Å². The lowest BCUT2D eigenvalue weighted by Gasteiger charge is -2.42.